The second-order valence-electron chi connectivity index (χ2n) is 4.33. The number of hydrogen-bond acceptors (Lipinski definition) is 2. The molecule has 6 heteroatoms. The van der Waals surface area contributed by atoms with Crippen molar-refractivity contribution in [1.82, 2.24) is 0 Å². The van der Waals surface area contributed by atoms with E-state index in [1.54, 1.807) is 25.1 Å². The Balaban J connectivity index is 2.00. The van der Waals surface area contributed by atoms with Crippen molar-refractivity contribution in [2.45, 2.75) is 17.1 Å². The number of nitrogens with one attached hydrogen (secondary N) is 1. The summed E-state index contributed by atoms with van der Waals surface area (Å²) < 4.78 is 14.3. The first-order valence-electron chi connectivity index (χ1n) is 6.14. The van der Waals surface area contributed by atoms with E-state index in [0.717, 1.165) is 4.90 Å². The summed E-state index contributed by atoms with van der Waals surface area (Å²) in [6, 6.07) is 11.7. The van der Waals surface area contributed by atoms with Crippen molar-refractivity contribution in [3.63, 3.8) is 0 Å². The molecule has 0 aromatic heterocycles. The van der Waals surface area contributed by atoms with E-state index in [1.807, 2.05) is 12.1 Å². The lowest BCUT2D eigenvalue weighted by atomic mass is 10.3. The largest absolute Gasteiger partial charge is 0.323 e. The van der Waals surface area contributed by atoms with E-state index in [0.29, 0.717) is 9.50 Å². The van der Waals surface area contributed by atoms with Crippen molar-refractivity contribution < 1.29 is 9.18 Å². The summed E-state index contributed by atoms with van der Waals surface area (Å²) in [4.78, 5) is 13.0. The van der Waals surface area contributed by atoms with Crippen LogP contribution in [0.2, 0.25) is 5.02 Å². The quantitative estimate of drug-likeness (QED) is 0.714. The molecule has 2 rings (SSSR count). The van der Waals surface area contributed by atoms with Gasteiger partial charge in [0.2, 0.25) is 5.91 Å². The van der Waals surface area contributed by atoms with Gasteiger partial charge in [0.15, 0.2) is 0 Å². The minimum atomic E-state index is -0.471. The highest BCUT2D eigenvalue weighted by Crippen LogP contribution is 2.26. The molecular formula is C15H12BrClFNOS. The molecule has 2 nitrogen and oxygen atoms in total. The first-order chi connectivity index (χ1) is 9.95. The predicted molar refractivity (Wildman–Crippen MR) is 89.5 cm³/mol. The third kappa shape index (κ3) is 4.73. The zero-order valence-electron chi connectivity index (χ0n) is 11.1. The monoisotopic (exact) mass is 387 g/mol. The molecule has 0 spiro atoms. The molecule has 21 heavy (non-hydrogen) atoms. The first kappa shape index (κ1) is 16.3. The fourth-order valence-electron chi connectivity index (χ4n) is 1.60. The van der Waals surface area contributed by atoms with Gasteiger partial charge in [0.25, 0.3) is 0 Å². The predicted octanol–water partition coefficient (Wildman–Crippen LogP) is 5.36. The maximum absolute atomic E-state index is 13.7. The summed E-state index contributed by atoms with van der Waals surface area (Å²) in [7, 11) is 0. The molecular weight excluding hydrogens is 377 g/mol. The third-order valence-corrected chi connectivity index (χ3v) is 4.54. The molecule has 0 heterocycles. The fraction of sp³-hybridized carbons (Fsp3) is 0.133. The van der Waals surface area contributed by atoms with Gasteiger partial charge in [-0.15, -0.1) is 11.8 Å². The van der Waals surface area contributed by atoms with Gasteiger partial charge in [-0.2, -0.15) is 0 Å². The molecule has 2 aromatic carbocycles. The number of hydrogen-bond donors (Lipinski definition) is 1. The number of halogens is 3. The summed E-state index contributed by atoms with van der Waals surface area (Å²) in [6.45, 7) is 1.77. The Morgan fingerprint density at radius 1 is 1.29 bits per heavy atom. The number of carbonyl (C=O) groups excluding carboxylic acids is 1. The zero-order chi connectivity index (χ0) is 15.4. The Kier molecular flexibility index (Phi) is 5.67. The minimum Gasteiger partial charge on any atom is -0.323 e. The van der Waals surface area contributed by atoms with Gasteiger partial charge < -0.3 is 5.32 Å². The van der Waals surface area contributed by atoms with Gasteiger partial charge in [-0.1, -0.05) is 27.5 Å². The first-order valence-corrected chi connectivity index (χ1v) is 8.19. The summed E-state index contributed by atoms with van der Waals surface area (Å²) >= 11 is 10.4. The van der Waals surface area contributed by atoms with E-state index < -0.39 is 5.82 Å². The number of carbonyl (C=O) groups is 1. The number of anilines is 1. The minimum absolute atomic E-state index is 0.173. The van der Waals surface area contributed by atoms with Gasteiger partial charge in [0, 0.05) is 14.4 Å². The standard InChI is InChI=1S/C15H12BrClFNOS/c1-9(21-12-5-3-11(17)4-6-12)15(20)19-14-7-2-10(16)8-13(14)18/h2-9H,1H3,(H,19,20)/t9-/m0/s1. The third-order valence-electron chi connectivity index (χ3n) is 2.68. The summed E-state index contributed by atoms with van der Waals surface area (Å²) in [6.07, 6.45) is 0. The number of amides is 1. The molecule has 0 saturated heterocycles. The van der Waals surface area contributed by atoms with Crippen LogP contribution in [-0.4, -0.2) is 11.2 Å². The van der Waals surface area contributed by atoms with Gasteiger partial charge in [0.05, 0.1) is 10.9 Å². The van der Waals surface area contributed by atoms with Crippen LogP contribution in [0.25, 0.3) is 0 Å². The lowest BCUT2D eigenvalue weighted by Crippen LogP contribution is -2.22. The van der Waals surface area contributed by atoms with Crippen molar-refractivity contribution in [3.05, 3.63) is 57.8 Å². The maximum atomic E-state index is 13.7. The summed E-state index contributed by atoms with van der Waals surface area (Å²) in [5.74, 6) is -0.724. The Labute approximate surface area is 140 Å². The Morgan fingerprint density at radius 3 is 2.57 bits per heavy atom. The highest BCUT2D eigenvalue weighted by atomic mass is 79.9. The normalized spacial score (nSPS) is 12.0. The number of rotatable bonds is 4. The SMILES string of the molecule is C[C@H](Sc1ccc(Cl)cc1)C(=O)Nc1ccc(Br)cc1F. The van der Waals surface area contributed by atoms with E-state index in [-0.39, 0.29) is 16.8 Å². The van der Waals surface area contributed by atoms with Crippen LogP contribution < -0.4 is 5.32 Å². The van der Waals surface area contributed by atoms with Gasteiger partial charge in [-0.05, 0) is 49.4 Å². The molecule has 1 amide bonds. The van der Waals surface area contributed by atoms with Gasteiger partial charge >= 0.3 is 0 Å². The molecule has 1 atom stereocenters. The van der Waals surface area contributed by atoms with Crippen molar-refractivity contribution in [2.75, 3.05) is 5.32 Å². The lowest BCUT2D eigenvalue weighted by Gasteiger charge is -2.12. The van der Waals surface area contributed by atoms with E-state index in [2.05, 4.69) is 21.2 Å². The van der Waals surface area contributed by atoms with Crippen LogP contribution in [0.4, 0.5) is 10.1 Å². The second kappa shape index (κ2) is 7.29. The molecule has 1 N–H and O–H groups in total. The van der Waals surface area contributed by atoms with Crippen molar-refractivity contribution in [1.29, 1.82) is 0 Å². The molecule has 0 aliphatic heterocycles. The second-order valence-corrected chi connectivity index (χ2v) is 7.09. The molecule has 2 aromatic rings. The highest BCUT2D eigenvalue weighted by molar-refractivity contribution is 9.10. The lowest BCUT2D eigenvalue weighted by molar-refractivity contribution is -0.115. The van der Waals surface area contributed by atoms with Crippen LogP contribution in [0.15, 0.2) is 51.8 Å². The molecule has 0 aliphatic carbocycles. The summed E-state index contributed by atoms with van der Waals surface area (Å²) in [5.41, 5.74) is 0.173. The Bertz CT molecular complexity index is 651. The van der Waals surface area contributed by atoms with Crippen LogP contribution in [0, 0.1) is 5.82 Å². The van der Waals surface area contributed by atoms with Gasteiger partial charge in [0.1, 0.15) is 5.82 Å². The zero-order valence-corrected chi connectivity index (χ0v) is 14.2. The number of benzene rings is 2. The Morgan fingerprint density at radius 2 is 1.95 bits per heavy atom. The van der Waals surface area contributed by atoms with E-state index in [1.165, 1.54) is 23.9 Å². The molecule has 0 bridgehead atoms. The molecule has 0 radical (unpaired) electrons. The van der Waals surface area contributed by atoms with Crippen LogP contribution in [0.1, 0.15) is 6.92 Å². The van der Waals surface area contributed by atoms with Crippen LogP contribution >= 0.6 is 39.3 Å². The van der Waals surface area contributed by atoms with Crippen LogP contribution in [0.3, 0.4) is 0 Å². The van der Waals surface area contributed by atoms with E-state index in [9.17, 15) is 9.18 Å². The van der Waals surface area contributed by atoms with Crippen molar-refractivity contribution >= 4 is 50.9 Å². The maximum Gasteiger partial charge on any atom is 0.237 e. The molecule has 0 aliphatic rings. The van der Waals surface area contributed by atoms with Crippen LogP contribution in [0.5, 0.6) is 0 Å². The van der Waals surface area contributed by atoms with E-state index >= 15 is 0 Å². The van der Waals surface area contributed by atoms with Crippen molar-refractivity contribution in [2.24, 2.45) is 0 Å². The fourth-order valence-corrected chi connectivity index (χ4v) is 2.92. The van der Waals surface area contributed by atoms with Gasteiger partial charge in [-0.25, -0.2) is 4.39 Å². The topological polar surface area (TPSA) is 29.1 Å². The molecule has 0 unspecified atom stereocenters. The number of thioether (sulfide) groups is 1. The summed E-state index contributed by atoms with van der Waals surface area (Å²) in [5, 5.41) is 2.88. The smallest absolute Gasteiger partial charge is 0.237 e. The highest BCUT2D eigenvalue weighted by Gasteiger charge is 2.16. The van der Waals surface area contributed by atoms with Gasteiger partial charge in [-0.3, -0.25) is 4.79 Å². The van der Waals surface area contributed by atoms with Crippen LogP contribution in [-0.2, 0) is 4.79 Å². The average molecular weight is 389 g/mol. The molecule has 110 valence electrons. The van der Waals surface area contributed by atoms with Crippen molar-refractivity contribution in [3.8, 4) is 0 Å². The average Bonchev–Trinajstić information content (AvgIpc) is 2.44. The molecule has 0 saturated carbocycles. The molecule has 0 fully saturated rings. The Hall–Kier alpha value is -1.04. The van der Waals surface area contributed by atoms with E-state index in [4.69, 9.17) is 11.6 Å².